The van der Waals surface area contributed by atoms with Gasteiger partial charge in [0.15, 0.2) is 0 Å². The Hall–Kier alpha value is -4.41. The number of carbonyl (C=O) groups excluding carboxylic acids is 3. The second kappa shape index (κ2) is 11.3. The van der Waals surface area contributed by atoms with Crippen LogP contribution >= 0.6 is 0 Å². The first kappa shape index (κ1) is 26.2. The molecule has 0 spiro atoms. The van der Waals surface area contributed by atoms with E-state index in [9.17, 15) is 24.3 Å². The molecule has 1 saturated heterocycles. The molecule has 1 aliphatic heterocycles. The summed E-state index contributed by atoms with van der Waals surface area (Å²) < 4.78 is 5.15. The first-order chi connectivity index (χ1) is 17.2. The van der Waals surface area contributed by atoms with Crippen molar-refractivity contribution in [3.05, 3.63) is 65.2 Å². The molecule has 2 unspecified atom stereocenters. The lowest BCUT2D eigenvalue weighted by Gasteiger charge is -2.43. The Labute approximate surface area is 208 Å². The zero-order valence-electron chi connectivity index (χ0n) is 20.1. The number of carboxylic acids is 1. The van der Waals surface area contributed by atoms with Gasteiger partial charge in [-0.05, 0) is 36.2 Å². The molecule has 5 N–H and O–H groups in total. The van der Waals surface area contributed by atoms with E-state index < -0.39 is 42.3 Å². The summed E-state index contributed by atoms with van der Waals surface area (Å²) in [6, 6.07) is 11.7. The number of nitrogens with two attached hydrogens (primary N) is 1. The number of nitrogen functional groups attached to an aromatic ring is 1. The molecule has 0 saturated carbocycles. The summed E-state index contributed by atoms with van der Waals surface area (Å²) >= 11 is 0. The second-order valence-electron chi connectivity index (χ2n) is 8.32. The molecule has 0 radical (unpaired) electrons. The largest absolute Gasteiger partial charge is 0.497 e. The van der Waals surface area contributed by atoms with E-state index in [-0.39, 0.29) is 24.5 Å². The minimum absolute atomic E-state index is 0.0914. The molecule has 0 bridgehead atoms. The van der Waals surface area contributed by atoms with Crippen LogP contribution in [0, 0.1) is 5.41 Å². The summed E-state index contributed by atoms with van der Waals surface area (Å²) in [5.41, 5.74) is 6.73. The SMILES string of the molecule is CCCN1C(=O)C(=O)N(C(CC(=O)O)c2ccc(OC)cc2)CC1NC(=O)c1ccc(C(=N)N)cc1. The average molecular weight is 496 g/mol. The Bertz CT molecular complexity index is 1150. The monoisotopic (exact) mass is 495 g/mol. The number of piperazine rings is 1. The summed E-state index contributed by atoms with van der Waals surface area (Å²) in [7, 11) is 1.50. The van der Waals surface area contributed by atoms with Gasteiger partial charge in [-0.25, -0.2) is 0 Å². The number of amides is 3. The lowest BCUT2D eigenvalue weighted by molar-refractivity contribution is -0.162. The normalized spacial score (nSPS) is 16.4. The van der Waals surface area contributed by atoms with E-state index in [0.717, 1.165) is 0 Å². The van der Waals surface area contributed by atoms with Crippen molar-refractivity contribution >= 4 is 29.5 Å². The number of methoxy groups -OCH3 is 1. The van der Waals surface area contributed by atoms with Crippen LogP contribution in [-0.4, -0.2) is 70.8 Å². The van der Waals surface area contributed by atoms with Crippen molar-refractivity contribution in [3.63, 3.8) is 0 Å². The first-order valence-electron chi connectivity index (χ1n) is 11.4. The Morgan fingerprint density at radius 1 is 1.11 bits per heavy atom. The summed E-state index contributed by atoms with van der Waals surface area (Å²) in [6.45, 7) is 1.98. The maximum atomic E-state index is 13.1. The van der Waals surface area contributed by atoms with E-state index in [0.29, 0.717) is 23.3 Å². The smallest absolute Gasteiger partial charge is 0.313 e. The molecule has 190 valence electrons. The molecule has 1 fully saturated rings. The van der Waals surface area contributed by atoms with Gasteiger partial charge in [0.05, 0.1) is 26.1 Å². The van der Waals surface area contributed by atoms with Crippen molar-refractivity contribution in [2.45, 2.75) is 32.0 Å². The van der Waals surface area contributed by atoms with E-state index in [1.54, 1.807) is 24.3 Å². The van der Waals surface area contributed by atoms with Gasteiger partial charge in [-0.15, -0.1) is 0 Å². The van der Waals surface area contributed by atoms with E-state index >= 15 is 0 Å². The standard InChI is InChI=1S/C25H29N5O6/c1-3-12-29-20(28-23(33)17-6-4-16(5-7-17)22(26)27)14-30(25(35)24(29)34)19(13-21(31)32)15-8-10-18(36-2)11-9-15/h4-11,19-20H,3,12-14H2,1-2H3,(H3,26,27)(H,28,33)(H,31,32). The third kappa shape index (κ3) is 5.80. The summed E-state index contributed by atoms with van der Waals surface area (Å²) in [6.07, 6.45) is -0.744. The highest BCUT2D eigenvalue weighted by atomic mass is 16.5. The molecule has 3 amide bonds. The van der Waals surface area contributed by atoms with Crippen LogP contribution in [0.25, 0.3) is 0 Å². The number of hydrogen-bond acceptors (Lipinski definition) is 6. The van der Waals surface area contributed by atoms with E-state index in [2.05, 4.69) is 5.32 Å². The number of benzene rings is 2. The second-order valence-corrected chi connectivity index (χ2v) is 8.32. The Morgan fingerprint density at radius 2 is 1.72 bits per heavy atom. The molecule has 2 aromatic carbocycles. The van der Waals surface area contributed by atoms with Gasteiger partial charge >= 0.3 is 17.8 Å². The Kier molecular flexibility index (Phi) is 8.26. The van der Waals surface area contributed by atoms with Crippen LogP contribution in [-0.2, 0) is 14.4 Å². The number of carboxylic acid groups (broad SMARTS) is 1. The molecule has 2 atom stereocenters. The summed E-state index contributed by atoms with van der Waals surface area (Å²) in [5, 5.41) is 19.8. The molecule has 0 aromatic heterocycles. The third-order valence-corrected chi connectivity index (χ3v) is 5.92. The Balaban J connectivity index is 1.91. The third-order valence-electron chi connectivity index (χ3n) is 5.92. The molecule has 36 heavy (non-hydrogen) atoms. The fraction of sp³-hybridized carbons (Fsp3) is 0.320. The molecule has 2 aromatic rings. The van der Waals surface area contributed by atoms with Gasteiger partial charge in [-0.1, -0.05) is 31.2 Å². The molecule has 1 heterocycles. The van der Waals surface area contributed by atoms with Crippen molar-refractivity contribution in [1.29, 1.82) is 5.41 Å². The number of amidine groups is 1. The van der Waals surface area contributed by atoms with Crippen LogP contribution in [0.15, 0.2) is 48.5 Å². The number of nitrogens with zero attached hydrogens (tertiary/aromatic N) is 2. The van der Waals surface area contributed by atoms with Crippen LogP contribution in [0.2, 0.25) is 0 Å². The molecule has 0 aliphatic carbocycles. The van der Waals surface area contributed by atoms with Gasteiger partial charge < -0.3 is 30.7 Å². The van der Waals surface area contributed by atoms with E-state index in [1.165, 1.54) is 41.2 Å². The number of hydrogen-bond donors (Lipinski definition) is 4. The highest BCUT2D eigenvalue weighted by Crippen LogP contribution is 2.29. The van der Waals surface area contributed by atoms with Gasteiger partial charge in [0, 0.05) is 17.7 Å². The number of carbonyl (C=O) groups is 4. The summed E-state index contributed by atoms with van der Waals surface area (Å²) in [4.78, 5) is 53.3. The van der Waals surface area contributed by atoms with Gasteiger partial charge in [0.2, 0.25) is 0 Å². The minimum atomic E-state index is -1.14. The molecule has 3 rings (SSSR count). The lowest BCUT2D eigenvalue weighted by atomic mass is 9.99. The van der Waals surface area contributed by atoms with Crippen LogP contribution in [0.4, 0.5) is 0 Å². The number of nitrogens with one attached hydrogen (secondary N) is 2. The number of ether oxygens (including phenoxy) is 1. The van der Waals surface area contributed by atoms with E-state index in [1.807, 2.05) is 6.92 Å². The maximum absolute atomic E-state index is 13.1. The first-order valence-corrected chi connectivity index (χ1v) is 11.4. The predicted molar refractivity (Wildman–Crippen MR) is 130 cm³/mol. The van der Waals surface area contributed by atoms with Gasteiger partial charge in [0.1, 0.15) is 17.8 Å². The maximum Gasteiger partial charge on any atom is 0.313 e. The molecule has 11 nitrogen and oxygen atoms in total. The van der Waals surface area contributed by atoms with Crippen molar-refractivity contribution in [3.8, 4) is 5.75 Å². The molecule has 1 aliphatic rings. The van der Waals surface area contributed by atoms with Gasteiger partial charge in [-0.3, -0.25) is 24.6 Å². The zero-order chi connectivity index (χ0) is 26.4. The van der Waals surface area contributed by atoms with Crippen LogP contribution < -0.4 is 15.8 Å². The van der Waals surface area contributed by atoms with Crippen LogP contribution in [0.1, 0.15) is 47.3 Å². The lowest BCUT2D eigenvalue weighted by Crippen LogP contribution is -2.65. The fourth-order valence-electron chi connectivity index (χ4n) is 4.08. The number of rotatable bonds is 10. The van der Waals surface area contributed by atoms with Crippen molar-refractivity contribution in [2.24, 2.45) is 5.73 Å². The highest BCUT2D eigenvalue weighted by Gasteiger charge is 2.43. The minimum Gasteiger partial charge on any atom is -0.497 e. The topological polar surface area (TPSA) is 166 Å². The van der Waals surface area contributed by atoms with Crippen LogP contribution in [0.5, 0.6) is 5.75 Å². The number of aliphatic carboxylic acids is 1. The van der Waals surface area contributed by atoms with E-state index in [4.69, 9.17) is 15.9 Å². The quantitative estimate of drug-likeness (QED) is 0.219. The average Bonchev–Trinajstić information content (AvgIpc) is 2.87. The summed E-state index contributed by atoms with van der Waals surface area (Å²) in [5.74, 6) is -2.85. The molecule has 11 heteroatoms. The van der Waals surface area contributed by atoms with Gasteiger partial charge in [-0.2, -0.15) is 0 Å². The zero-order valence-corrected chi connectivity index (χ0v) is 20.1. The van der Waals surface area contributed by atoms with Crippen molar-refractivity contribution < 1.29 is 29.0 Å². The van der Waals surface area contributed by atoms with Crippen LogP contribution in [0.3, 0.4) is 0 Å². The van der Waals surface area contributed by atoms with Gasteiger partial charge in [0.25, 0.3) is 5.91 Å². The fourth-order valence-corrected chi connectivity index (χ4v) is 4.08. The predicted octanol–water partition coefficient (Wildman–Crippen LogP) is 1.33. The highest BCUT2D eigenvalue weighted by molar-refractivity contribution is 6.35. The Morgan fingerprint density at radius 3 is 2.25 bits per heavy atom. The van der Waals surface area contributed by atoms with Crippen molar-refractivity contribution in [1.82, 2.24) is 15.1 Å². The molecular weight excluding hydrogens is 466 g/mol. The van der Waals surface area contributed by atoms with Crippen molar-refractivity contribution in [2.75, 3.05) is 20.2 Å². The molecular formula is C25H29N5O6.